The van der Waals surface area contributed by atoms with Gasteiger partial charge in [0.15, 0.2) is 0 Å². The highest BCUT2D eigenvalue weighted by Gasteiger charge is 2.10. The van der Waals surface area contributed by atoms with E-state index in [2.05, 4.69) is 6.07 Å². The van der Waals surface area contributed by atoms with E-state index < -0.39 is 0 Å². The summed E-state index contributed by atoms with van der Waals surface area (Å²) in [5.41, 5.74) is 2.64. The van der Waals surface area contributed by atoms with Crippen LogP contribution in [0.2, 0.25) is 0 Å². The second-order valence-corrected chi connectivity index (χ2v) is 4.26. The van der Waals surface area contributed by atoms with Crippen LogP contribution in [-0.4, -0.2) is 20.4 Å². The maximum absolute atomic E-state index is 10.8. The fourth-order valence-corrected chi connectivity index (χ4v) is 1.95. The molecule has 0 heterocycles. The first-order valence-electron chi connectivity index (χ1n) is 6.06. The lowest BCUT2D eigenvalue weighted by Crippen LogP contribution is -2.11. The third-order valence-electron chi connectivity index (χ3n) is 3.10. The molecule has 0 aliphatic rings. The minimum Gasteiger partial charge on any atom is -0.497 e. The van der Waals surface area contributed by atoms with E-state index in [9.17, 15) is 10.1 Å². The second kappa shape index (κ2) is 5.89. The van der Waals surface area contributed by atoms with Crippen molar-refractivity contribution in [1.82, 2.24) is 0 Å². The van der Waals surface area contributed by atoms with Crippen molar-refractivity contribution in [1.29, 1.82) is 5.26 Å². The van der Waals surface area contributed by atoms with Crippen LogP contribution in [0.5, 0.6) is 5.75 Å². The Morgan fingerprint density at radius 3 is 2.45 bits per heavy atom. The van der Waals surface area contributed by atoms with Crippen molar-refractivity contribution in [2.75, 3.05) is 19.1 Å². The third-order valence-corrected chi connectivity index (χ3v) is 3.10. The fraction of sp³-hybridized carbons (Fsp3) is 0.125. The molecule has 100 valence electrons. The van der Waals surface area contributed by atoms with Gasteiger partial charge in [0.1, 0.15) is 18.1 Å². The lowest BCUT2D eigenvalue weighted by Gasteiger charge is -2.21. The minimum atomic E-state index is 0.466. The van der Waals surface area contributed by atoms with Crippen LogP contribution >= 0.6 is 0 Å². The molecule has 0 spiro atoms. The highest BCUT2D eigenvalue weighted by Crippen LogP contribution is 2.28. The van der Waals surface area contributed by atoms with Crippen LogP contribution < -0.4 is 9.64 Å². The Hall–Kier alpha value is -2.80. The summed E-state index contributed by atoms with van der Waals surface area (Å²) in [5, 5.41) is 9.20. The normalized spacial score (nSPS) is 9.65. The maximum Gasteiger partial charge on any atom is 0.150 e. The van der Waals surface area contributed by atoms with Crippen molar-refractivity contribution < 1.29 is 9.53 Å². The van der Waals surface area contributed by atoms with Crippen LogP contribution in [0.4, 0.5) is 11.4 Å². The summed E-state index contributed by atoms with van der Waals surface area (Å²) in [4.78, 5) is 12.7. The van der Waals surface area contributed by atoms with Gasteiger partial charge < -0.3 is 9.64 Å². The smallest absolute Gasteiger partial charge is 0.150 e. The van der Waals surface area contributed by atoms with Gasteiger partial charge >= 0.3 is 0 Å². The molecule has 0 fully saturated rings. The van der Waals surface area contributed by atoms with E-state index in [1.165, 1.54) is 0 Å². The Labute approximate surface area is 117 Å². The first-order valence-corrected chi connectivity index (χ1v) is 6.06. The number of rotatable bonds is 4. The molecule has 0 unspecified atom stereocenters. The van der Waals surface area contributed by atoms with Gasteiger partial charge in [-0.3, -0.25) is 4.79 Å². The Kier molecular flexibility index (Phi) is 4.02. The minimum absolute atomic E-state index is 0.466. The van der Waals surface area contributed by atoms with Gasteiger partial charge in [-0.15, -0.1) is 0 Å². The lowest BCUT2D eigenvalue weighted by molar-refractivity contribution is 0.112. The van der Waals surface area contributed by atoms with E-state index >= 15 is 0 Å². The quantitative estimate of drug-likeness (QED) is 0.798. The molecule has 0 saturated heterocycles. The molecular formula is C16H14N2O2. The third kappa shape index (κ3) is 2.62. The topological polar surface area (TPSA) is 53.3 Å². The van der Waals surface area contributed by atoms with Crippen LogP contribution in [0.25, 0.3) is 0 Å². The number of aldehydes is 1. The molecule has 0 saturated carbocycles. The molecule has 2 rings (SSSR count). The molecule has 0 N–H and O–H groups in total. The molecule has 20 heavy (non-hydrogen) atoms. The fourth-order valence-electron chi connectivity index (χ4n) is 1.95. The number of anilines is 2. The van der Waals surface area contributed by atoms with Crippen molar-refractivity contribution in [2.45, 2.75) is 0 Å². The van der Waals surface area contributed by atoms with Gasteiger partial charge in [-0.05, 0) is 42.5 Å². The van der Waals surface area contributed by atoms with E-state index in [1.807, 2.05) is 36.2 Å². The van der Waals surface area contributed by atoms with E-state index in [1.54, 1.807) is 25.3 Å². The van der Waals surface area contributed by atoms with Gasteiger partial charge in [0.05, 0.1) is 18.4 Å². The summed E-state index contributed by atoms with van der Waals surface area (Å²) in [7, 11) is 3.49. The molecule has 4 heteroatoms. The summed E-state index contributed by atoms with van der Waals surface area (Å²) in [6.07, 6.45) is 0.734. The van der Waals surface area contributed by atoms with Gasteiger partial charge in [-0.1, -0.05) is 0 Å². The predicted octanol–water partition coefficient (Wildman–Crippen LogP) is 3.15. The van der Waals surface area contributed by atoms with Gasteiger partial charge in [0, 0.05) is 18.3 Å². The number of carbonyl (C=O) groups excluding carboxylic acids is 1. The Morgan fingerprint density at radius 1 is 1.20 bits per heavy atom. The number of ether oxygens (including phenoxy) is 1. The van der Waals surface area contributed by atoms with E-state index in [0.29, 0.717) is 11.1 Å². The molecule has 0 aliphatic heterocycles. The molecule has 0 radical (unpaired) electrons. The van der Waals surface area contributed by atoms with Crippen molar-refractivity contribution in [3.8, 4) is 11.8 Å². The highest BCUT2D eigenvalue weighted by atomic mass is 16.5. The number of nitrogens with zero attached hydrogens (tertiary/aromatic N) is 2. The molecule has 0 atom stereocenters. The first-order chi connectivity index (χ1) is 9.69. The van der Waals surface area contributed by atoms with E-state index in [-0.39, 0.29) is 0 Å². The molecule has 2 aromatic carbocycles. The van der Waals surface area contributed by atoms with Crippen molar-refractivity contribution >= 4 is 17.7 Å². The summed E-state index contributed by atoms with van der Waals surface area (Å²) >= 11 is 0. The SMILES string of the molecule is COc1ccc(N(C)c2ccc(C=O)cc2C#N)cc1. The van der Waals surface area contributed by atoms with E-state index in [4.69, 9.17) is 4.74 Å². The number of nitriles is 1. The van der Waals surface area contributed by atoms with Crippen LogP contribution in [0.15, 0.2) is 42.5 Å². The van der Waals surface area contributed by atoms with Crippen molar-refractivity contribution in [3.05, 3.63) is 53.6 Å². The summed E-state index contributed by atoms with van der Waals surface area (Å²) in [6, 6.07) is 14.7. The average molecular weight is 266 g/mol. The van der Waals surface area contributed by atoms with Crippen LogP contribution in [-0.2, 0) is 0 Å². The average Bonchev–Trinajstić information content (AvgIpc) is 2.53. The number of hydrogen-bond acceptors (Lipinski definition) is 4. The van der Waals surface area contributed by atoms with Crippen molar-refractivity contribution in [3.63, 3.8) is 0 Å². The molecule has 2 aromatic rings. The zero-order chi connectivity index (χ0) is 14.5. The van der Waals surface area contributed by atoms with Gasteiger partial charge in [0.2, 0.25) is 0 Å². The lowest BCUT2D eigenvalue weighted by atomic mass is 10.1. The molecule has 4 nitrogen and oxygen atoms in total. The Bertz CT molecular complexity index is 657. The standard InChI is InChI=1S/C16H14N2O2/c1-18(14-4-6-15(20-2)7-5-14)16-8-3-12(11-19)9-13(16)10-17/h3-9,11H,1-2H3. The number of carbonyl (C=O) groups is 1. The van der Waals surface area contributed by atoms with Gasteiger partial charge in [0.25, 0.3) is 0 Å². The number of methoxy groups -OCH3 is 1. The predicted molar refractivity (Wildman–Crippen MR) is 77.6 cm³/mol. The summed E-state index contributed by atoms with van der Waals surface area (Å²) in [6.45, 7) is 0. The first kappa shape index (κ1) is 13.6. The Morgan fingerprint density at radius 2 is 1.90 bits per heavy atom. The van der Waals surface area contributed by atoms with Crippen LogP contribution in [0.3, 0.4) is 0 Å². The molecule has 0 amide bonds. The molecule has 0 aliphatic carbocycles. The Balaban J connectivity index is 2.39. The molecule has 0 aromatic heterocycles. The number of benzene rings is 2. The monoisotopic (exact) mass is 266 g/mol. The molecule has 0 bridgehead atoms. The number of hydrogen-bond donors (Lipinski definition) is 0. The zero-order valence-electron chi connectivity index (χ0n) is 11.3. The summed E-state index contributed by atoms with van der Waals surface area (Å²) in [5.74, 6) is 0.777. The second-order valence-electron chi connectivity index (χ2n) is 4.26. The summed E-state index contributed by atoms with van der Waals surface area (Å²) < 4.78 is 5.12. The zero-order valence-corrected chi connectivity index (χ0v) is 11.3. The molecular weight excluding hydrogens is 252 g/mol. The highest BCUT2D eigenvalue weighted by molar-refractivity contribution is 5.79. The maximum atomic E-state index is 10.8. The van der Waals surface area contributed by atoms with Crippen molar-refractivity contribution in [2.24, 2.45) is 0 Å². The van der Waals surface area contributed by atoms with Gasteiger partial charge in [-0.25, -0.2) is 0 Å². The van der Waals surface area contributed by atoms with Crippen LogP contribution in [0, 0.1) is 11.3 Å². The van der Waals surface area contributed by atoms with E-state index in [0.717, 1.165) is 23.4 Å². The van der Waals surface area contributed by atoms with Crippen LogP contribution in [0.1, 0.15) is 15.9 Å². The largest absolute Gasteiger partial charge is 0.497 e. The van der Waals surface area contributed by atoms with Gasteiger partial charge in [-0.2, -0.15) is 5.26 Å².